The lowest BCUT2D eigenvalue weighted by atomic mass is 9.79. The molecule has 0 bridgehead atoms. The van der Waals surface area contributed by atoms with Crippen molar-refractivity contribution in [3.8, 4) is 0 Å². The number of hydrogen-bond donors (Lipinski definition) is 1. The molecule has 0 spiro atoms. The van der Waals surface area contributed by atoms with Crippen LogP contribution >= 0.6 is 0 Å². The average Bonchev–Trinajstić information content (AvgIpc) is 2.37. The molecule has 1 aromatic rings. The van der Waals surface area contributed by atoms with Gasteiger partial charge in [0, 0.05) is 7.11 Å². The van der Waals surface area contributed by atoms with E-state index in [0.29, 0.717) is 6.04 Å². The maximum absolute atomic E-state index is 5.68. The highest BCUT2D eigenvalue weighted by Gasteiger charge is 2.23. The van der Waals surface area contributed by atoms with Crippen LogP contribution in [0.2, 0.25) is 0 Å². The molecule has 2 heteroatoms. The molecular weight excluding hydrogens is 234 g/mol. The Labute approximate surface area is 117 Å². The number of ether oxygens (including phenoxy) is 1. The first kappa shape index (κ1) is 14.5. The van der Waals surface area contributed by atoms with E-state index >= 15 is 0 Å². The van der Waals surface area contributed by atoms with Crippen LogP contribution < -0.4 is 5.32 Å². The van der Waals surface area contributed by atoms with Crippen molar-refractivity contribution in [3.63, 3.8) is 0 Å². The van der Waals surface area contributed by atoms with Crippen molar-refractivity contribution in [3.05, 3.63) is 35.4 Å². The Balaban J connectivity index is 2.16. The van der Waals surface area contributed by atoms with Crippen molar-refractivity contribution in [1.82, 2.24) is 5.32 Å². The molecule has 1 aromatic carbocycles. The van der Waals surface area contributed by atoms with Gasteiger partial charge in [0.05, 0.1) is 12.1 Å². The van der Waals surface area contributed by atoms with Crippen LogP contribution in [0.4, 0.5) is 0 Å². The fraction of sp³-hybridized carbons (Fsp3) is 0.647. The van der Waals surface area contributed by atoms with Crippen LogP contribution in [0.3, 0.4) is 0 Å². The molecule has 2 nitrogen and oxygen atoms in total. The first-order valence-electron chi connectivity index (χ1n) is 7.60. The predicted molar refractivity (Wildman–Crippen MR) is 80.5 cm³/mol. The van der Waals surface area contributed by atoms with Crippen LogP contribution in [0.15, 0.2) is 24.3 Å². The Morgan fingerprint density at radius 3 is 2.68 bits per heavy atom. The lowest BCUT2D eigenvalue weighted by Gasteiger charge is -2.29. The molecule has 1 aliphatic carbocycles. The van der Waals surface area contributed by atoms with Gasteiger partial charge in [-0.3, -0.25) is 0 Å². The second-order valence-corrected chi connectivity index (χ2v) is 5.63. The SMILES string of the molecule is CCCC(OC)C(NC)c1cccc(C2CCC2)c1. The van der Waals surface area contributed by atoms with Gasteiger partial charge in [-0.2, -0.15) is 0 Å². The monoisotopic (exact) mass is 261 g/mol. The fourth-order valence-electron chi connectivity index (χ4n) is 3.02. The minimum Gasteiger partial charge on any atom is -0.379 e. The summed E-state index contributed by atoms with van der Waals surface area (Å²) in [5.41, 5.74) is 2.88. The summed E-state index contributed by atoms with van der Waals surface area (Å²) in [6, 6.07) is 9.38. The van der Waals surface area contributed by atoms with Crippen molar-refractivity contribution in [2.75, 3.05) is 14.2 Å². The summed E-state index contributed by atoms with van der Waals surface area (Å²) in [7, 11) is 3.85. The smallest absolute Gasteiger partial charge is 0.0765 e. The summed E-state index contributed by atoms with van der Waals surface area (Å²) >= 11 is 0. The van der Waals surface area contributed by atoms with Gasteiger partial charge in [0.2, 0.25) is 0 Å². The maximum atomic E-state index is 5.68. The molecule has 1 saturated carbocycles. The standard InChI is InChI=1S/C17H27NO/c1-4-7-16(19-3)17(18-2)15-11-6-10-14(12-15)13-8-5-9-13/h6,10-13,16-18H,4-5,7-9H2,1-3H3. The molecular formula is C17H27NO. The largest absolute Gasteiger partial charge is 0.379 e. The molecule has 1 N–H and O–H groups in total. The summed E-state index contributed by atoms with van der Waals surface area (Å²) in [6.07, 6.45) is 6.61. The Morgan fingerprint density at radius 1 is 1.37 bits per heavy atom. The Kier molecular flexibility index (Phi) is 5.41. The molecule has 0 radical (unpaired) electrons. The van der Waals surface area contributed by atoms with Gasteiger partial charge in [-0.05, 0) is 43.4 Å². The van der Waals surface area contributed by atoms with E-state index in [2.05, 4.69) is 36.5 Å². The minimum absolute atomic E-state index is 0.256. The van der Waals surface area contributed by atoms with Gasteiger partial charge in [0.25, 0.3) is 0 Å². The highest BCUT2D eigenvalue weighted by Crippen LogP contribution is 2.37. The van der Waals surface area contributed by atoms with E-state index in [0.717, 1.165) is 18.8 Å². The van der Waals surface area contributed by atoms with E-state index in [-0.39, 0.29) is 6.10 Å². The number of benzene rings is 1. The van der Waals surface area contributed by atoms with Crippen LogP contribution in [-0.4, -0.2) is 20.3 Å². The molecule has 2 rings (SSSR count). The molecule has 106 valence electrons. The van der Waals surface area contributed by atoms with Crippen molar-refractivity contribution >= 4 is 0 Å². The third-order valence-corrected chi connectivity index (χ3v) is 4.41. The molecule has 0 amide bonds. The van der Waals surface area contributed by atoms with Gasteiger partial charge in [-0.25, -0.2) is 0 Å². The quantitative estimate of drug-likeness (QED) is 0.800. The number of methoxy groups -OCH3 is 1. The van der Waals surface area contributed by atoms with Crippen LogP contribution in [0.25, 0.3) is 0 Å². The lowest BCUT2D eigenvalue weighted by molar-refractivity contribution is 0.0630. The molecule has 2 atom stereocenters. The molecule has 0 aromatic heterocycles. The van der Waals surface area contributed by atoms with Gasteiger partial charge >= 0.3 is 0 Å². The van der Waals surface area contributed by atoms with E-state index in [1.807, 2.05) is 14.2 Å². The summed E-state index contributed by atoms with van der Waals surface area (Å²) in [5.74, 6) is 0.796. The Bertz CT molecular complexity index is 387. The summed E-state index contributed by atoms with van der Waals surface area (Å²) in [4.78, 5) is 0. The Morgan fingerprint density at radius 2 is 2.16 bits per heavy atom. The first-order chi connectivity index (χ1) is 9.30. The number of rotatable bonds is 7. The van der Waals surface area contributed by atoms with E-state index in [1.165, 1.54) is 30.4 Å². The highest BCUT2D eigenvalue weighted by molar-refractivity contribution is 5.30. The lowest BCUT2D eigenvalue weighted by Crippen LogP contribution is -2.31. The van der Waals surface area contributed by atoms with E-state index in [9.17, 15) is 0 Å². The van der Waals surface area contributed by atoms with E-state index < -0.39 is 0 Å². The summed E-state index contributed by atoms with van der Waals surface area (Å²) in [5, 5.41) is 3.43. The topological polar surface area (TPSA) is 21.3 Å². The first-order valence-corrected chi connectivity index (χ1v) is 7.60. The summed E-state index contributed by atoms with van der Waals surface area (Å²) in [6.45, 7) is 2.21. The van der Waals surface area contributed by atoms with Gasteiger partial charge < -0.3 is 10.1 Å². The third-order valence-electron chi connectivity index (χ3n) is 4.41. The molecule has 2 unspecified atom stereocenters. The van der Waals surface area contributed by atoms with E-state index in [4.69, 9.17) is 4.74 Å². The summed E-state index contributed by atoms with van der Waals surface area (Å²) < 4.78 is 5.68. The highest BCUT2D eigenvalue weighted by atomic mass is 16.5. The molecule has 1 aliphatic rings. The van der Waals surface area contributed by atoms with E-state index in [1.54, 1.807) is 0 Å². The minimum atomic E-state index is 0.256. The second-order valence-electron chi connectivity index (χ2n) is 5.63. The third kappa shape index (κ3) is 3.37. The molecule has 0 saturated heterocycles. The molecule has 1 fully saturated rings. The van der Waals surface area contributed by atoms with Crippen molar-refractivity contribution in [1.29, 1.82) is 0 Å². The van der Waals surface area contributed by atoms with Crippen LogP contribution in [0, 0.1) is 0 Å². The predicted octanol–water partition coefficient (Wildman–Crippen LogP) is 4.03. The molecule has 0 aliphatic heterocycles. The van der Waals surface area contributed by atoms with Crippen molar-refractivity contribution < 1.29 is 4.74 Å². The average molecular weight is 261 g/mol. The normalized spacial score (nSPS) is 18.9. The van der Waals surface area contributed by atoms with Gasteiger partial charge in [-0.1, -0.05) is 44.0 Å². The second kappa shape index (κ2) is 7.06. The maximum Gasteiger partial charge on any atom is 0.0765 e. The van der Waals surface area contributed by atoms with Crippen LogP contribution in [0.1, 0.15) is 62.1 Å². The molecule has 19 heavy (non-hydrogen) atoms. The zero-order chi connectivity index (χ0) is 13.7. The number of nitrogens with one attached hydrogen (secondary N) is 1. The van der Waals surface area contributed by atoms with Gasteiger partial charge in [0.1, 0.15) is 0 Å². The van der Waals surface area contributed by atoms with Gasteiger partial charge in [0.15, 0.2) is 0 Å². The van der Waals surface area contributed by atoms with Crippen LogP contribution in [-0.2, 0) is 4.74 Å². The van der Waals surface area contributed by atoms with Gasteiger partial charge in [-0.15, -0.1) is 0 Å². The molecule has 0 heterocycles. The fourth-order valence-corrected chi connectivity index (χ4v) is 3.02. The zero-order valence-corrected chi connectivity index (χ0v) is 12.5. The number of hydrogen-bond acceptors (Lipinski definition) is 2. The number of likely N-dealkylation sites (N-methyl/N-ethyl adjacent to an activating group) is 1. The Hall–Kier alpha value is -0.860. The van der Waals surface area contributed by atoms with Crippen LogP contribution in [0.5, 0.6) is 0 Å². The van der Waals surface area contributed by atoms with Crippen molar-refractivity contribution in [2.45, 2.75) is 57.1 Å². The zero-order valence-electron chi connectivity index (χ0n) is 12.5. The van der Waals surface area contributed by atoms with Crippen molar-refractivity contribution in [2.24, 2.45) is 0 Å².